The maximum Gasteiger partial charge on any atom is 0.280 e. The van der Waals surface area contributed by atoms with Gasteiger partial charge in [0.2, 0.25) is 17.1 Å². The Bertz CT molecular complexity index is 1800. The molecule has 0 bridgehead atoms. The molecule has 5 aliphatic rings. The van der Waals surface area contributed by atoms with Crippen LogP contribution in [0, 0.1) is 0 Å². The molecule has 0 radical (unpaired) electrons. The zero-order valence-corrected chi connectivity index (χ0v) is 21.3. The van der Waals surface area contributed by atoms with E-state index in [4.69, 9.17) is 18.9 Å². The van der Waals surface area contributed by atoms with Gasteiger partial charge in [0.05, 0.1) is 6.10 Å². The first kappa shape index (κ1) is 24.9. The third-order valence-corrected chi connectivity index (χ3v) is 8.69. The molecule has 8 N–H and O–H groups in total. The molecule has 0 amide bonds. The minimum Gasteiger partial charge on any atom is -0.508 e. The Balaban J connectivity index is 1.30. The molecule has 8 rings (SSSR count). The summed E-state index contributed by atoms with van der Waals surface area (Å²) in [7, 11) is 0. The van der Waals surface area contributed by atoms with Crippen molar-refractivity contribution in [2.24, 2.45) is 0 Å². The lowest BCUT2D eigenvalue weighted by Crippen LogP contribution is -2.61. The predicted molar refractivity (Wildman–Crippen MR) is 137 cm³/mol. The molecule has 13 nitrogen and oxygen atoms in total. The lowest BCUT2D eigenvalue weighted by atomic mass is 9.79. The van der Waals surface area contributed by atoms with Crippen molar-refractivity contribution in [3.8, 4) is 51.7 Å². The zero-order valence-electron chi connectivity index (χ0n) is 21.3. The number of ether oxygens (including phenoxy) is 4. The van der Waals surface area contributed by atoms with E-state index in [1.54, 1.807) is 0 Å². The molecule has 1 fully saturated rings. The zero-order chi connectivity index (χ0) is 29.5. The van der Waals surface area contributed by atoms with E-state index in [9.17, 15) is 45.6 Å². The Morgan fingerprint density at radius 2 is 1.45 bits per heavy atom. The van der Waals surface area contributed by atoms with Crippen LogP contribution in [0.25, 0.3) is 5.57 Å². The Morgan fingerprint density at radius 3 is 2.14 bits per heavy atom. The highest BCUT2D eigenvalue weighted by molar-refractivity contribution is 6.13. The van der Waals surface area contributed by atoms with Gasteiger partial charge in [0.25, 0.3) is 5.79 Å². The van der Waals surface area contributed by atoms with Crippen molar-refractivity contribution >= 4 is 11.4 Å². The van der Waals surface area contributed by atoms with E-state index in [0.717, 1.165) is 24.3 Å². The molecule has 4 aliphatic heterocycles. The van der Waals surface area contributed by atoms with Crippen LogP contribution in [0.3, 0.4) is 0 Å². The van der Waals surface area contributed by atoms with E-state index < -0.39 is 53.1 Å². The maximum absolute atomic E-state index is 13.4. The van der Waals surface area contributed by atoms with E-state index in [1.807, 2.05) is 0 Å². The summed E-state index contributed by atoms with van der Waals surface area (Å²) < 4.78 is 24.2. The third kappa shape index (κ3) is 2.84. The summed E-state index contributed by atoms with van der Waals surface area (Å²) in [6.07, 6.45) is -3.93. The largest absolute Gasteiger partial charge is 0.508 e. The van der Waals surface area contributed by atoms with Crippen LogP contribution >= 0.6 is 0 Å². The van der Waals surface area contributed by atoms with E-state index in [2.05, 4.69) is 0 Å². The average molecular weight is 578 g/mol. The summed E-state index contributed by atoms with van der Waals surface area (Å²) in [6.45, 7) is 0. The van der Waals surface area contributed by atoms with Gasteiger partial charge in [0, 0.05) is 64.9 Å². The minimum atomic E-state index is -2.65. The molecule has 2 unspecified atom stereocenters. The van der Waals surface area contributed by atoms with Gasteiger partial charge >= 0.3 is 0 Å². The van der Waals surface area contributed by atoms with Crippen LogP contribution in [-0.2, 0) is 22.4 Å². The minimum absolute atomic E-state index is 0.0241. The van der Waals surface area contributed by atoms with Crippen LogP contribution in [0.1, 0.15) is 28.4 Å². The van der Waals surface area contributed by atoms with E-state index in [1.165, 1.54) is 12.1 Å². The molecule has 1 aliphatic carbocycles. The number of phenolic OH excluding ortho intramolecular Hbond substituents is 6. The van der Waals surface area contributed by atoms with Gasteiger partial charge in [-0.2, -0.15) is 0 Å². The fourth-order valence-electron chi connectivity index (χ4n) is 6.89. The number of benzene rings is 3. The molecule has 3 aromatic carbocycles. The number of hydrogen-bond donors (Lipinski definition) is 8. The molecule has 1 saturated heterocycles. The van der Waals surface area contributed by atoms with Gasteiger partial charge in [0.1, 0.15) is 40.6 Å². The molecule has 6 atom stereocenters. The smallest absolute Gasteiger partial charge is 0.280 e. The fraction of sp³-hybridized carbons (Fsp3) is 0.276. The Labute approximate surface area is 235 Å². The molecule has 0 aromatic heterocycles. The first-order valence-corrected chi connectivity index (χ1v) is 13.0. The van der Waals surface area contributed by atoms with E-state index >= 15 is 0 Å². The third-order valence-electron chi connectivity index (χ3n) is 8.69. The van der Waals surface area contributed by atoms with Crippen LogP contribution < -0.4 is 14.2 Å². The van der Waals surface area contributed by atoms with Crippen molar-refractivity contribution in [1.82, 2.24) is 0 Å². The van der Waals surface area contributed by atoms with Crippen molar-refractivity contribution in [2.45, 2.75) is 48.6 Å². The second-order valence-corrected chi connectivity index (χ2v) is 11.0. The van der Waals surface area contributed by atoms with Gasteiger partial charge in [-0.25, -0.2) is 0 Å². The van der Waals surface area contributed by atoms with Crippen LogP contribution in [0.15, 0.2) is 36.4 Å². The molecule has 13 heteroatoms. The highest BCUT2D eigenvalue weighted by Crippen LogP contribution is 2.65. The number of rotatable bonds is 1. The number of fused-ring (bicyclic) bond motifs is 5. The molecule has 42 heavy (non-hydrogen) atoms. The van der Waals surface area contributed by atoms with Gasteiger partial charge < -0.3 is 59.8 Å². The van der Waals surface area contributed by atoms with Gasteiger partial charge in [-0.3, -0.25) is 4.79 Å². The van der Waals surface area contributed by atoms with Crippen molar-refractivity contribution in [3.63, 3.8) is 0 Å². The Hall–Kier alpha value is -4.85. The van der Waals surface area contributed by atoms with Gasteiger partial charge in [0.15, 0.2) is 23.7 Å². The van der Waals surface area contributed by atoms with Crippen molar-refractivity contribution in [2.75, 3.05) is 0 Å². The SMILES string of the molecule is O=C1C=C2c3c([C@H]4Oc5cc(O)cc(O)c5C[C@H]4O)cc(O)c(O)c3OC23[C@H]2Oc4cc(O)cc(O)c4C[C@H]2OC13O. The molecular weight excluding hydrogens is 556 g/mol. The van der Waals surface area contributed by atoms with E-state index in [-0.39, 0.29) is 80.9 Å². The van der Waals surface area contributed by atoms with Crippen LogP contribution in [0.2, 0.25) is 0 Å². The fourth-order valence-corrected chi connectivity index (χ4v) is 6.89. The monoisotopic (exact) mass is 578 g/mol. The summed E-state index contributed by atoms with van der Waals surface area (Å²) in [4.78, 5) is 13.4. The second kappa shape index (κ2) is 7.70. The van der Waals surface area contributed by atoms with Gasteiger partial charge in [-0.15, -0.1) is 0 Å². The summed E-state index contributed by atoms with van der Waals surface area (Å²) >= 11 is 0. The van der Waals surface area contributed by atoms with Crippen molar-refractivity contribution in [3.05, 3.63) is 58.7 Å². The standard InChI is InChI=1S/C29H22O13/c30-9-1-15(32)11-5-18(35)25(39-19(11)3-9)13-6-17(34)24(37)26-23(13)14-8-22(36)29(38)28(14,42-26)27-21(41-29)7-12-16(33)2-10(31)4-20(12)40-27/h1-4,6,8,18,21,25,27,30-35,37-38H,5,7H2/t18-,21-,25-,27+,28?,29?/m1/s1. The summed E-state index contributed by atoms with van der Waals surface area (Å²) in [5, 5.41) is 85.1. The molecule has 216 valence electrons. The number of aliphatic hydroxyl groups excluding tert-OH is 1. The number of ketones is 1. The van der Waals surface area contributed by atoms with Gasteiger partial charge in [-0.1, -0.05) is 0 Å². The highest BCUT2D eigenvalue weighted by Gasteiger charge is 2.80. The number of phenols is 6. The number of hydrogen-bond acceptors (Lipinski definition) is 13. The quantitative estimate of drug-likeness (QED) is 0.190. The Kier molecular flexibility index (Phi) is 4.57. The molecule has 4 heterocycles. The number of aliphatic hydroxyl groups is 2. The number of aromatic hydroxyl groups is 6. The van der Waals surface area contributed by atoms with E-state index in [0.29, 0.717) is 0 Å². The number of carbonyl (C=O) groups is 1. The normalized spacial score (nSPS) is 31.4. The lowest BCUT2D eigenvalue weighted by molar-refractivity contribution is -0.222. The predicted octanol–water partition coefficient (Wildman–Crippen LogP) is 1.15. The molecular formula is C29H22O13. The Morgan fingerprint density at radius 1 is 0.810 bits per heavy atom. The first-order valence-electron chi connectivity index (χ1n) is 13.0. The van der Waals surface area contributed by atoms with Crippen molar-refractivity contribution in [1.29, 1.82) is 0 Å². The summed E-state index contributed by atoms with van der Waals surface area (Å²) in [5.41, 5.74) is -1.48. The molecule has 0 saturated carbocycles. The lowest BCUT2D eigenvalue weighted by Gasteiger charge is -2.37. The molecule has 3 aromatic rings. The second-order valence-electron chi connectivity index (χ2n) is 11.0. The summed E-state index contributed by atoms with van der Waals surface area (Å²) in [5.74, 6) is -6.29. The van der Waals surface area contributed by atoms with Gasteiger partial charge in [-0.05, 0) is 12.1 Å². The topological polar surface area (TPSA) is 216 Å². The van der Waals surface area contributed by atoms with Crippen LogP contribution in [-0.4, -0.2) is 76.3 Å². The highest BCUT2D eigenvalue weighted by atomic mass is 16.7. The molecule has 1 spiro atoms. The average Bonchev–Trinajstić information content (AvgIpc) is 3.46. The van der Waals surface area contributed by atoms with Crippen LogP contribution in [0.5, 0.6) is 51.7 Å². The maximum atomic E-state index is 13.4. The first-order chi connectivity index (χ1) is 19.9. The summed E-state index contributed by atoms with van der Waals surface area (Å²) in [6, 6.07) is 5.85. The number of carbonyl (C=O) groups excluding carboxylic acids is 1. The van der Waals surface area contributed by atoms with Crippen LogP contribution in [0.4, 0.5) is 0 Å². The van der Waals surface area contributed by atoms with Crippen molar-refractivity contribution < 1.29 is 64.6 Å².